The number of benzene rings is 1. The molecule has 1 unspecified atom stereocenters. The molecule has 0 spiro atoms. The second kappa shape index (κ2) is 35.8. The fraction of sp³-hybridized carbons (Fsp3) is 0.574. The van der Waals surface area contributed by atoms with Crippen LogP contribution in [-0.4, -0.2) is 177 Å². The van der Waals surface area contributed by atoms with Gasteiger partial charge in [-0.15, -0.1) is 0 Å². The summed E-state index contributed by atoms with van der Waals surface area (Å²) >= 11 is 1.52. The van der Waals surface area contributed by atoms with Crippen LogP contribution in [0, 0.1) is 11.8 Å². The van der Waals surface area contributed by atoms with E-state index >= 15 is 0 Å². The number of imidazole rings is 1. The molecule has 1 aromatic carbocycles. The topological polar surface area (TPSA) is 422 Å². The zero-order valence-corrected chi connectivity index (χ0v) is 50.6. The van der Waals surface area contributed by atoms with Crippen LogP contribution in [0.4, 0.5) is 0 Å². The molecule has 0 radical (unpaired) electrons. The Balaban J connectivity index is 1.40. The number of fused-ring (bicyclic) bond motifs is 1. The van der Waals surface area contributed by atoms with Crippen molar-refractivity contribution in [3.05, 3.63) is 54.2 Å². The molecule has 30 heteroatoms. The van der Waals surface area contributed by atoms with Crippen LogP contribution in [0.25, 0.3) is 10.9 Å². The summed E-state index contributed by atoms with van der Waals surface area (Å²) in [6, 6.07) is -2.02. The lowest BCUT2D eigenvalue weighted by molar-refractivity contribution is -0.135. The molecule has 11 amide bonds. The lowest BCUT2D eigenvalue weighted by atomic mass is 9.99. The molecule has 0 saturated carbocycles. The summed E-state index contributed by atoms with van der Waals surface area (Å²) in [6.07, 6.45) is 6.91. The highest BCUT2D eigenvalue weighted by Gasteiger charge is 2.34. The first-order valence-corrected chi connectivity index (χ1v) is 31.6. The standard InChI is InChI=1S/C54H81N15O12S3/c1-29(2)19-38(67-49(76)35(55)16-18-82-6)52(79)68-40(21-33-23-57-28-62-33)50(77)61-25-44(72)69-47(30(3)4)54(81)63-31(5)48(75)66-39(20-32-22-59-36-12-8-7-11-34(32)36)53(80)65-37(14-15-43(56)71)42(70)13-9-10-17-58-51(78)41-24-60-45(73)26-83-84-27-46(74)64-41/h7-8,11-12,22-23,28-31,35,37-41,47,59H,9-10,13-21,24-27,55H2,1-6H3,(H2,56,71)(H,57,62)(H,58,78)(H,60,73)(H,61,77)(H,63,81)(H,64,74)(H,65,80)(H,66,75)(H,67,76)(H,68,79)(H,69,72)/t31-,35-,37-,38-,39-,40-,41?,47-/m0/s1. The van der Waals surface area contributed by atoms with Gasteiger partial charge < -0.3 is 74.6 Å². The minimum atomic E-state index is -1.35. The van der Waals surface area contributed by atoms with Gasteiger partial charge in [-0.05, 0) is 74.5 Å². The van der Waals surface area contributed by atoms with Gasteiger partial charge >= 0.3 is 0 Å². The van der Waals surface area contributed by atoms with Gasteiger partial charge in [0.25, 0.3) is 0 Å². The highest BCUT2D eigenvalue weighted by Crippen LogP contribution is 2.21. The predicted molar refractivity (Wildman–Crippen MR) is 320 cm³/mol. The number of hydrogen-bond acceptors (Lipinski definition) is 17. The molecule has 1 aliphatic rings. The summed E-state index contributed by atoms with van der Waals surface area (Å²) in [6.45, 7) is 7.77. The highest BCUT2D eigenvalue weighted by molar-refractivity contribution is 8.77. The maximum absolute atomic E-state index is 14.3. The molecular formula is C54H81N15O12S3. The third-order valence-corrected chi connectivity index (χ3v) is 16.0. The molecular weight excluding hydrogens is 1150 g/mol. The summed E-state index contributed by atoms with van der Waals surface area (Å²) in [7, 11) is 2.42. The van der Waals surface area contributed by atoms with Gasteiger partial charge in [-0.1, -0.05) is 67.5 Å². The van der Waals surface area contributed by atoms with Crippen molar-refractivity contribution in [2.45, 2.75) is 141 Å². The monoisotopic (exact) mass is 1230 g/mol. The molecule has 1 saturated heterocycles. The Morgan fingerprint density at radius 3 is 2.07 bits per heavy atom. The third kappa shape index (κ3) is 24.2. The Hall–Kier alpha value is -7.18. The minimum absolute atomic E-state index is 0.0349. The van der Waals surface area contributed by atoms with Crippen LogP contribution < -0.4 is 64.6 Å². The van der Waals surface area contributed by atoms with Gasteiger partial charge in [0.15, 0.2) is 5.78 Å². The molecule has 8 atom stereocenters. The zero-order valence-electron chi connectivity index (χ0n) is 48.1. The van der Waals surface area contributed by atoms with E-state index in [0.29, 0.717) is 29.9 Å². The normalized spacial score (nSPS) is 16.2. The van der Waals surface area contributed by atoms with Crippen molar-refractivity contribution in [1.82, 2.24) is 68.1 Å². The van der Waals surface area contributed by atoms with E-state index in [1.807, 2.05) is 38.3 Å². The Labute approximate surface area is 499 Å². The number of nitrogens with two attached hydrogens (primary N) is 2. The fourth-order valence-electron chi connectivity index (χ4n) is 8.61. The molecule has 0 aliphatic carbocycles. The summed E-state index contributed by atoms with van der Waals surface area (Å²) in [5, 5.41) is 27.2. The number of H-pyrrole nitrogens is 2. The number of hydrogen-bond donors (Lipinski definition) is 14. The van der Waals surface area contributed by atoms with Crippen LogP contribution in [0.2, 0.25) is 0 Å². The number of carbonyl (C=O) groups is 12. The number of para-hydroxylation sites is 1. The lowest BCUT2D eigenvalue weighted by Gasteiger charge is -2.26. The average Bonchev–Trinajstić information content (AvgIpc) is 4.33. The maximum atomic E-state index is 14.3. The zero-order chi connectivity index (χ0) is 61.9. The van der Waals surface area contributed by atoms with Crippen LogP contribution in [0.15, 0.2) is 43.0 Å². The van der Waals surface area contributed by atoms with Crippen molar-refractivity contribution in [2.75, 3.05) is 43.1 Å². The van der Waals surface area contributed by atoms with Gasteiger partial charge in [-0.3, -0.25) is 57.5 Å². The van der Waals surface area contributed by atoms with Crippen molar-refractivity contribution in [3.8, 4) is 0 Å². The number of carbonyl (C=O) groups excluding carboxylic acids is 12. The van der Waals surface area contributed by atoms with Gasteiger partial charge in [-0.25, -0.2) is 4.98 Å². The second-order valence-corrected chi connectivity index (χ2v) is 24.5. The molecule has 1 aliphatic heterocycles. The van der Waals surface area contributed by atoms with Gasteiger partial charge in [0.2, 0.25) is 65.0 Å². The number of aromatic amines is 2. The first-order chi connectivity index (χ1) is 39.9. The third-order valence-electron chi connectivity index (χ3n) is 13.2. The van der Waals surface area contributed by atoms with Crippen LogP contribution >= 0.6 is 33.3 Å². The quantitative estimate of drug-likeness (QED) is 0.0242. The molecule has 2 aromatic heterocycles. The van der Waals surface area contributed by atoms with Crippen molar-refractivity contribution in [1.29, 1.82) is 0 Å². The van der Waals surface area contributed by atoms with E-state index in [1.54, 1.807) is 26.1 Å². The van der Waals surface area contributed by atoms with Gasteiger partial charge in [-0.2, -0.15) is 11.8 Å². The number of amides is 11. The van der Waals surface area contributed by atoms with E-state index in [2.05, 4.69) is 68.1 Å². The van der Waals surface area contributed by atoms with E-state index in [9.17, 15) is 57.5 Å². The van der Waals surface area contributed by atoms with Crippen LogP contribution in [0.5, 0.6) is 0 Å². The molecule has 16 N–H and O–H groups in total. The molecule has 4 rings (SSSR count). The summed E-state index contributed by atoms with van der Waals surface area (Å²) in [5.74, 6) is -7.22. The average molecular weight is 1230 g/mol. The van der Waals surface area contributed by atoms with Crippen LogP contribution in [-0.2, 0) is 70.4 Å². The van der Waals surface area contributed by atoms with E-state index in [0.717, 1.165) is 10.9 Å². The number of unbranched alkanes of at least 4 members (excludes halogenated alkanes) is 1. The molecule has 3 heterocycles. The number of thioether (sulfide) groups is 1. The molecule has 27 nitrogen and oxygen atoms in total. The number of nitrogens with one attached hydrogen (secondary N) is 12. The van der Waals surface area contributed by atoms with Crippen LogP contribution in [0.1, 0.15) is 90.8 Å². The van der Waals surface area contributed by atoms with Crippen molar-refractivity contribution < 1.29 is 57.5 Å². The summed E-state index contributed by atoms with van der Waals surface area (Å²) in [4.78, 5) is 169. The first-order valence-electron chi connectivity index (χ1n) is 27.7. The van der Waals surface area contributed by atoms with Crippen LogP contribution in [0.3, 0.4) is 0 Å². The number of nitrogens with zero attached hydrogens (tertiary/aromatic N) is 1. The van der Waals surface area contributed by atoms with E-state index in [4.69, 9.17) is 11.5 Å². The minimum Gasteiger partial charge on any atom is -0.370 e. The first kappa shape index (κ1) is 69.3. The second-order valence-electron chi connectivity index (χ2n) is 21.0. The highest BCUT2D eigenvalue weighted by atomic mass is 33.1. The number of rotatable bonds is 34. The molecule has 0 bridgehead atoms. The molecule has 462 valence electrons. The smallest absolute Gasteiger partial charge is 0.244 e. The number of aromatic nitrogens is 3. The van der Waals surface area contributed by atoms with Crippen molar-refractivity contribution >= 4 is 115 Å². The number of primary amides is 1. The maximum Gasteiger partial charge on any atom is 0.244 e. The van der Waals surface area contributed by atoms with Gasteiger partial charge in [0.1, 0.15) is 36.3 Å². The van der Waals surface area contributed by atoms with E-state index in [-0.39, 0.29) is 87.3 Å². The molecule has 1 fully saturated rings. The largest absolute Gasteiger partial charge is 0.370 e. The van der Waals surface area contributed by atoms with Crippen molar-refractivity contribution in [3.63, 3.8) is 0 Å². The summed E-state index contributed by atoms with van der Waals surface area (Å²) in [5.41, 5.74) is 13.4. The predicted octanol–water partition coefficient (Wildman–Crippen LogP) is -1.38. The fourth-order valence-corrected chi connectivity index (χ4v) is 10.8. The molecule has 84 heavy (non-hydrogen) atoms. The number of ketones is 1. The SMILES string of the molecule is CSCC[C@H](N)C(=O)N[C@@H](CC(C)C)C(=O)N[C@@H](Cc1cnc[nH]1)C(=O)NCC(=O)N[C@H](C(=O)N[C@@H](C)C(=O)N[C@@H](Cc1c[nH]c2ccccc12)C(=O)N[C@@H](CCC(N)=O)C(=O)CCCCNC(=O)C1CNC(=O)CSSCC(=O)N1)C(C)C. The Kier molecular flexibility index (Phi) is 29.6. The van der Waals surface area contributed by atoms with Crippen molar-refractivity contribution in [2.24, 2.45) is 23.3 Å². The Bertz CT molecular complexity index is 2750. The Morgan fingerprint density at radius 1 is 0.726 bits per heavy atom. The van der Waals surface area contributed by atoms with Gasteiger partial charge in [0.05, 0.1) is 36.5 Å². The van der Waals surface area contributed by atoms with E-state index in [1.165, 1.54) is 52.8 Å². The van der Waals surface area contributed by atoms with E-state index < -0.39 is 120 Å². The summed E-state index contributed by atoms with van der Waals surface area (Å²) < 4.78 is 0. The Morgan fingerprint density at radius 2 is 1.39 bits per heavy atom. The molecule has 3 aromatic rings. The van der Waals surface area contributed by atoms with Gasteiger partial charge in [0, 0.05) is 67.8 Å². The lowest BCUT2D eigenvalue weighted by Crippen LogP contribution is -2.59. The number of Topliss-reactive ketones (excluding diaryl/α,β-unsaturated/α-hetero) is 1.